The lowest BCUT2D eigenvalue weighted by Gasteiger charge is -2.05. The predicted octanol–water partition coefficient (Wildman–Crippen LogP) is 0.0621. The summed E-state index contributed by atoms with van der Waals surface area (Å²) < 4.78 is 42.7. The van der Waals surface area contributed by atoms with Crippen molar-refractivity contribution in [1.82, 2.24) is 9.71 Å². The van der Waals surface area contributed by atoms with Crippen LogP contribution in [0, 0.1) is 5.82 Å². The Kier molecular flexibility index (Phi) is 4.53. The van der Waals surface area contributed by atoms with Gasteiger partial charge in [-0.25, -0.2) is 22.5 Å². The highest BCUT2D eigenvalue weighted by Crippen LogP contribution is 2.09. The number of ether oxygens (including phenoxy) is 1. The van der Waals surface area contributed by atoms with Crippen LogP contribution in [0.4, 0.5) is 4.39 Å². The summed E-state index contributed by atoms with van der Waals surface area (Å²) in [5, 5.41) is -0.690. The average molecular weight is 262 g/mol. The Bertz CT molecular complexity index is 503. The zero-order chi connectivity index (χ0) is 12.9. The summed E-state index contributed by atoms with van der Waals surface area (Å²) in [5.74, 6) is -1.51. The van der Waals surface area contributed by atoms with Crippen LogP contribution in [0.3, 0.4) is 0 Å². The van der Waals surface area contributed by atoms with Gasteiger partial charge in [0.25, 0.3) is 10.0 Å². The van der Waals surface area contributed by atoms with Crippen molar-refractivity contribution >= 4 is 16.0 Å². The molecular weight excluding hydrogens is 251 g/mol. The number of carbonyl (C=O) groups excluding carboxylic acids is 1. The molecule has 1 N–H and O–H groups in total. The van der Waals surface area contributed by atoms with Crippen LogP contribution < -0.4 is 4.72 Å². The van der Waals surface area contributed by atoms with Gasteiger partial charge in [0.2, 0.25) is 5.03 Å². The molecule has 0 spiro atoms. The minimum absolute atomic E-state index is 0.135. The zero-order valence-electron chi connectivity index (χ0n) is 9.01. The second-order valence-corrected chi connectivity index (χ2v) is 4.70. The Labute approximate surface area is 97.9 Å². The van der Waals surface area contributed by atoms with Crippen LogP contribution in [0.15, 0.2) is 23.4 Å². The molecule has 1 heterocycles. The molecule has 0 aliphatic carbocycles. The van der Waals surface area contributed by atoms with Crippen molar-refractivity contribution in [1.29, 1.82) is 0 Å². The SMILES string of the molecule is COC(=O)CCNS(=O)(=O)c1ncccc1F. The van der Waals surface area contributed by atoms with Gasteiger partial charge in [-0.15, -0.1) is 0 Å². The van der Waals surface area contributed by atoms with Crippen molar-refractivity contribution in [2.75, 3.05) is 13.7 Å². The molecule has 1 rings (SSSR count). The number of carbonyl (C=O) groups is 1. The van der Waals surface area contributed by atoms with Gasteiger partial charge in [0.1, 0.15) is 0 Å². The topological polar surface area (TPSA) is 85.4 Å². The number of nitrogens with zero attached hydrogens (tertiary/aromatic N) is 1. The summed E-state index contributed by atoms with van der Waals surface area (Å²) in [7, 11) is -2.85. The fourth-order valence-corrected chi connectivity index (χ4v) is 2.06. The van der Waals surface area contributed by atoms with E-state index >= 15 is 0 Å². The molecular formula is C9H11FN2O4S. The number of rotatable bonds is 5. The minimum atomic E-state index is -4.04. The van der Waals surface area contributed by atoms with Gasteiger partial charge in [0.15, 0.2) is 5.82 Å². The molecule has 0 fully saturated rings. The van der Waals surface area contributed by atoms with Crippen LogP contribution in [0.5, 0.6) is 0 Å². The largest absolute Gasteiger partial charge is 0.469 e. The number of methoxy groups -OCH3 is 1. The summed E-state index contributed by atoms with van der Waals surface area (Å²) in [4.78, 5) is 14.2. The van der Waals surface area contributed by atoms with E-state index in [1.54, 1.807) is 0 Å². The molecule has 1 aromatic heterocycles. The fourth-order valence-electron chi connectivity index (χ4n) is 1.03. The predicted molar refractivity (Wildman–Crippen MR) is 56.0 cm³/mol. The molecule has 0 amide bonds. The molecule has 0 unspecified atom stereocenters. The first-order valence-electron chi connectivity index (χ1n) is 4.64. The molecule has 17 heavy (non-hydrogen) atoms. The van der Waals surface area contributed by atoms with Gasteiger partial charge in [-0.3, -0.25) is 4.79 Å². The zero-order valence-corrected chi connectivity index (χ0v) is 9.83. The molecule has 0 atom stereocenters. The molecule has 0 saturated heterocycles. The number of nitrogens with one attached hydrogen (secondary N) is 1. The number of aromatic nitrogens is 1. The summed E-state index contributed by atoms with van der Waals surface area (Å²) in [6.45, 7) is -0.176. The Balaban J connectivity index is 2.70. The normalized spacial score (nSPS) is 11.2. The van der Waals surface area contributed by atoms with Crippen LogP contribution in [0.25, 0.3) is 0 Å². The molecule has 0 radical (unpaired) electrons. The Morgan fingerprint density at radius 1 is 1.59 bits per heavy atom. The van der Waals surface area contributed by atoms with Gasteiger partial charge >= 0.3 is 5.97 Å². The third-order valence-corrected chi connectivity index (χ3v) is 3.22. The standard InChI is InChI=1S/C9H11FN2O4S/c1-16-8(13)4-6-12-17(14,15)9-7(10)3-2-5-11-9/h2-3,5,12H,4,6H2,1H3. The van der Waals surface area contributed by atoms with Crippen LogP contribution >= 0.6 is 0 Å². The van der Waals surface area contributed by atoms with Crippen molar-refractivity contribution in [3.8, 4) is 0 Å². The number of sulfonamides is 1. The van der Waals surface area contributed by atoms with Crippen molar-refractivity contribution in [3.05, 3.63) is 24.1 Å². The molecule has 0 aliphatic rings. The van der Waals surface area contributed by atoms with Gasteiger partial charge in [-0.2, -0.15) is 0 Å². The molecule has 0 aliphatic heterocycles. The number of hydrogen-bond acceptors (Lipinski definition) is 5. The van der Waals surface area contributed by atoms with Crippen LogP contribution in [0.1, 0.15) is 6.42 Å². The van der Waals surface area contributed by atoms with E-state index in [2.05, 4.69) is 14.4 Å². The first-order valence-corrected chi connectivity index (χ1v) is 6.12. The summed E-state index contributed by atoms with van der Waals surface area (Å²) >= 11 is 0. The van der Waals surface area contributed by atoms with Crippen LogP contribution in [-0.2, 0) is 19.6 Å². The third-order valence-electron chi connectivity index (χ3n) is 1.83. The maximum Gasteiger partial charge on any atom is 0.306 e. The van der Waals surface area contributed by atoms with Crippen molar-refractivity contribution < 1.29 is 22.3 Å². The fraction of sp³-hybridized carbons (Fsp3) is 0.333. The Hall–Kier alpha value is -1.54. The molecule has 8 heteroatoms. The van der Waals surface area contributed by atoms with E-state index in [1.807, 2.05) is 0 Å². The lowest BCUT2D eigenvalue weighted by Crippen LogP contribution is -2.28. The first-order chi connectivity index (χ1) is 7.97. The lowest BCUT2D eigenvalue weighted by molar-refractivity contribution is -0.140. The van der Waals surface area contributed by atoms with Crippen molar-refractivity contribution in [2.45, 2.75) is 11.4 Å². The average Bonchev–Trinajstić information content (AvgIpc) is 2.28. The Morgan fingerprint density at radius 2 is 2.29 bits per heavy atom. The molecule has 6 nitrogen and oxygen atoms in total. The van der Waals surface area contributed by atoms with Crippen LogP contribution in [0.2, 0.25) is 0 Å². The van der Waals surface area contributed by atoms with E-state index < -0.39 is 26.8 Å². The van der Waals surface area contributed by atoms with Gasteiger partial charge in [0, 0.05) is 12.7 Å². The van der Waals surface area contributed by atoms with Crippen LogP contribution in [-0.4, -0.2) is 33.0 Å². The first kappa shape index (κ1) is 13.5. The lowest BCUT2D eigenvalue weighted by atomic mass is 10.4. The highest BCUT2D eigenvalue weighted by atomic mass is 32.2. The molecule has 0 saturated carbocycles. The molecule has 0 aromatic carbocycles. The highest BCUT2D eigenvalue weighted by molar-refractivity contribution is 7.89. The molecule has 0 bridgehead atoms. The van der Waals surface area contributed by atoms with Crippen molar-refractivity contribution in [2.24, 2.45) is 0 Å². The molecule has 1 aromatic rings. The summed E-state index contributed by atoms with van der Waals surface area (Å²) in [6.07, 6.45) is 1.03. The van der Waals surface area contributed by atoms with Crippen molar-refractivity contribution in [3.63, 3.8) is 0 Å². The smallest absolute Gasteiger partial charge is 0.306 e. The third kappa shape index (κ3) is 3.75. The maximum absolute atomic E-state index is 13.2. The van der Waals surface area contributed by atoms with Gasteiger partial charge in [0.05, 0.1) is 13.5 Å². The Morgan fingerprint density at radius 3 is 2.88 bits per heavy atom. The van der Waals surface area contributed by atoms with E-state index in [4.69, 9.17) is 0 Å². The van der Waals surface area contributed by atoms with E-state index in [-0.39, 0.29) is 13.0 Å². The number of esters is 1. The monoisotopic (exact) mass is 262 g/mol. The van der Waals surface area contributed by atoms with E-state index in [9.17, 15) is 17.6 Å². The van der Waals surface area contributed by atoms with E-state index in [0.717, 1.165) is 12.3 Å². The highest BCUT2D eigenvalue weighted by Gasteiger charge is 2.20. The van der Waals surface area contributed by atoms with E-state index in [0.29, 0.717) is 0 Å². The van der Waals surface area contributed by atoms with E-state index in [1.165, 1.54) is 13.2 Å². The summed E-state index contributed by atoms with van der Waals surface area (Å²) in [6, 6.07) is 2.27. The summed E-state index contributed by atoms with van der Waals surface area (Å²) in [5.41, 5.74) is 0. The molecule has 94 valence electrons. The maximum atomic E-state index is 13.2. The number of halogens is 1. The second kappa shape index (κ2) is 5.69. The van der Waals surface area contributed by atoms with Gasteiger partial charge in [-0.1, -0.05) is 0 Å². The minimum Gasteiger partial charge on any atom is -0.469 e. The van der Waals surface area contributed by atoms with Gasteiger partial charge < -0.3 is 4.74 Å². The van der Waals surface area contributed by atoms with Gasteiger partial charge in [-0.05, 0) is 12.1 Å². The second-order valence-electron chi connectivity index (χ2n) is 3.01. The quantitative estimate of drug-likeness (QED) is 0.758. The number of pyridine rings is 1. The number of hydrogen-bond donors (Lipinski definition) is 1.